The van der Waals surface area contributed by atoms with Gasteiger partial charge in [0.15, 0.2) is 6.10 Å². The molecular formula is C76H132O6. The Kier molecular flexibility index (Phi) is 66.7. The molecule has 0 N–H and O–H groups in total. The van der Waals surface area contributed by atoms with Gasteiger partial charge in [-0.05, 0) is 83.5 Å². The molecule has 1 unspecified atom stereocenters. The van der Waals surface area contributed by atoms with Gasteiger partial charge in [-0.1, -0.05) is 343 Å². The highest BCUT2D eigenvalue weighted by Gasteiger charge is 2.19. The van der Waals surface area contributed by atoms with E-state index in [2.05, 4.69) is 112 Å². The zero-order valence-electron chi connectivity index (χ0n) is 54.2. The molecule has 0 aliphatic heterocycles. The number of unbranched alkanes of at least 4 members (excludes halogenated alkanes) is 37. The lowest BCUT2D eigenvalue weighted by Gasteiger charge is -2.18. The number of rotatable bonds is 64. The lowest BCUT2D eigenvalue weighted by atomic mass is 10.0. The van der Waals surface area contributed by atoms with Gasteiger partial charge >= 0.3 is 17.9 Å². The topological polar surface area (TPSA) is 78.9 Å². The molecule has 0 aliphatic carbocycles. The molecular weight excluding hydrogens is 1010 g/mol. The fourth-order valence-corrected chi connectivity index (χ4v) is 10.2. The Hall–Kier alpha value is -3.67. The Labute approximate surface area is 508 Å². The summed E-state index contributed by atoms with van der Waals surface area (Å²) in [5.74, 6) is -0.973. The first-order valence-electron chi connectivity index (χ1n) is 35.2. The molecule has 0 aromatic carbocycles. The van der Waals surface area contributed by atoms with Crippen molar-refractivity contribution in [1.29, 1.82) is 0 Å². The highest BCUT2D eigenvalue weighted by atomic mass is 16.6. The second-order valence-corrected chi connectivity index (χ2v) is 23.4. The van der Waals surface area contributed by atoms with Crippen LogP contribution in [0.2, 0.25) is 0 Å². The minimum atomic E-state index is -0.810. The fraction of sp³-hybridized carbons (Fsp3) is 0.750. The monoisotopic (exact) mass is 1140 g/mol. The van der Waals surface area contributed by atoms with Gasteiger partial charge in [0, 0.05) is 19.3 Å². The minimum absolute atomic E-state index is 0.0985. The highest BCUT2D eigenvalue weighted by Crippen LogP contribution is 2.18. The van der Waals surface area contributed by atoms with Crippen molar-refractivity contribution >= 4 is 17.9 Å². The summed E-state index contributed by atoms with van der Waals surface area (Å²) in [4.78, 5) is 38.4. The summed E-state index contributed by atoms with van der Waals surface area (Å²) in [5.41, 5.74) is 0. The molecule has 0 aliphatic rings. The van der Waals surface area contributed by atoms with Gasteiger partial charge in [0.05, 0.1) is 0 Å². The Morgan fingerprint density at radius 1 is 0.256 bits per heavy atom. The second kappa shape index (κ2) is 69.8. The minimum Gasteiger partial charge on any atom is -0.462 e. The first-order chi connectivity index (χ1) is 40.5. The zero-order chi connectivity index (χ0) is 59.2. The maximum atomic E-state index is 12.9. The van der Waals surface area contributed by atoms with E-state index in [4.69, 9.17) is 14.2 Å². The number of carbonyl (C=O) groups excluding carboxylic acids is 3. The maximum Gasteiger partial charge on any atom is 0.306 e. The first-order valence-corrected chi connectivity index (χ1v) is 35.2. The van der Waals surface area contributed by atoms with Crippen molar-refractivity contribution in [3.05, 3.63) is 97.2 Å². The van der Waals surface area contributed by atoms with Crippen LogP contribution in [0, 0.1) is 0 Å². The summed E-state index contributed by atoms with van der Waals surface area (Å²) in [5, 5.41) is 0. The SMILES string of the molecule is CC/C=C\C/C=C\C/C=C\C/C=C\CCCCCCCCCCCCC(=O)OC(COC(=O)CC/C=C\C/C=C\C/C=C\C/C=C\CC)COC(=O)CCCCCCCCCCCCCCCCCCCCCCCCCCCCCC. The predicted molar refractivity (Wildman–Crippen MR) is 357 cm³/mol. The first kappa shape index (κ1) is 78.3. The third-order valence-corrected chi connectivity index (χ3v) is 15.3. The van der Waals surface area contributed by atoms with Gasteiger partial charge in [-0.25, -0.2) is 0 Å². The van der Waals surface area contributed by atoms with E-state index in [9.17, 15) is 14.4 Å². The van der Waals surface area contributed by atoms with Crippen molar-refractivity contribution in [3.8, 4) is 0 Å². The lowest BCUT2D eigenvalue weighted by Crippen LogP contribution is -2.30. The summed E-state index contributed by atoms with van der Waals surface area (Å²) in [6.45, 7) is 6.39. The number of hydrogen-bond acceptors (Lipinski definition) is 6. The molecule has 0 heterocycles. The van der Waals surface area contributed by atoms with Crippen molar-refractivity contribution < 1.29 is 28.6 Å². The molecule has 6 heteroatoms. The number of allylic oxidation sites excluding steroid dienone is 16. The van der Waals surface area contributed by atoms with E-state index in [0.29, 0.717) is 19.3 Å². The second-order valence-electron chi connectivity index (χ2n) is 23.4. The van der Waals surface area contributed by atoms with E-state index in [0.717, 1.165) is 89.9 Å². The van der Waals surface area contributed by atoms with E-state index >= 15 is 0 Å². The van der Waals surface area contributed by atoms with Crippen LogP contribution in [0.5, 0.6) is 0 Å². The molecule has 0 bridgehead atoms. The van der Waals surface area contributed by atoms with Crippen LogP contribution >= 0.6 is 0 Å². The van der Waals surface area contributed by atoms with Gasteiger partial charge in [0.1, 0.15) is 13.2 Å². The Morgan fingerprint density at radius 3 is 0.817 bits per heavy atom. The molecule has 0 saturated heterocycles. The van der Waals surface area contributed by atoms with Gasteiger partial charge in [-0.2, -0.15) is 0 Å². The molecule has 0 aromatic rings. The van der Waals surface area contributed by atoms with Crippen LogP contribution in [0.1, 0.15) is 348 Å². The Bertz CT molecular complexity index is 1590. The number of hydrogen-bond donors (Lipinski definition) is 0. The van der Waals surface area contributed by atoms with Crippen LogP contribution in [0.4, 0.5) is 0 Å². The third kappa shape index (κ3) is 67.1. The van der Waals surface area contributed by atoms with Crippen LogP contribution in [-0.2, 0) is 28.6 Å². The normalized spacial score (nSPS) is 12.7. The molecule has 6 nitrogen and oxygen atoms in total. The summed E-state index contributed by atoms with van der Waals surface area (Å²) in [6, 6.07) is 0. The van der Waals surface area contributed by atoms with Crippen LogP contribution in [0.3, 0.4) is 0 Å². The summed E-state index contributed by atoms with van der Waals surface area (Å²) < 4.78 is 16.9. The number of esters is 3. The average Bonchev–Trinajstić information content (AvgIpc) is 3.47. The smallest absolute Gasteiger partial charge is 0.306 e. The van der Waals surface area contributed by atoms with Crippen LogP contribution in [0.15, 0.2) is 97.2 Å². The Balaban J connectivity index is 4.27. The molecule has 1 atom stereocenters. The standard InChI is InChI=1S/C76H132O6/c1-4-7-10-13-16-19-22-25-27-29-31-33-35-36-37-38-39-41-42-44-46-48-51-54-57-60-63-66-69-75(78)81-72-73(71-80-74(77)68-65-62-59-56-53-50-24-21-18-15-12-9-6-3)82-76(79)70-67-64-61-58-55-52-49-47-45-43-40-34-32-30-28-26-23-20-17-14-11-8-5-2/h8-9,11-12,17-18,20-21,26,28,32,34,50,53,59,62,73H,4-7,10,13-16,19,22-25,27,29-31,33,35-49,51-52,54-58,60-61,63-72H2,1-3H3/b11-8-,12-9-,20-17-,21-18-,28-26-,34-32-,53-50-,62-59-. The highest BCUT2D eigenvalue weighted by molar-refractivity contribution is 5.71. The zero-order valence-corrected chi connectivity index (χ0v) is 54.2. The van der Waals surface area contributed by atoms with Crippen LogP contribution in [-0.4, -0.2) is 37.2 Å². The van der Waals surface area contributed by atoms with Crippen molar-refractivity contribution in [2.75, 3.05) is 13.2 Å². The lowest BCUT2D eigenvalue weighted by molar-refractivity contribution is -0.166. The van der Waals surface area contributed by atoms with Gasteiger partial charge < -0.3 is 14.2 Å². The van der Waals surface area contributed by atoms with Crippen molar-refractivity contribution in [1.82, 2.24) is 0 Å². The predicted octanol–water partition coefficient (Wildman–Crippen LogP) is 24.4. The van der Waals surface area contributed by atoms with E-state index in [1.807, 2.05) is 6.08 Å². The van der Waals surface area contributed by atoms with Crippen molar-refractivity contribution in [2.45, 2.75) is 354 Å². The van der Waals surface area contributed by atoms with E-state index < -0.39 is 6.10 Å². The molecule has 0 rings (SSSR count). The number of ether oxygens (including phenoxy) is 3. The third-order valence-electron chi connectivity index (χ3n) is 15.3. The maximum absolute atomic E-state index is 12.9. The van der Waals surface area contributed by atoms with Crippen LogP contribution in [0.25, 0.3) is 0 Å². The molecule has 0 fully saturated rings. The van der Waals surface area contributed by atoms with Crippen molar-refractivity contribution in [3.63, 3.8) is 0 Å². The van der Waals surface area contributed by atoms with Gasteiger partial charge in [-0.3, -0.25) is 14.4 Å². The van der Waals surface area contributed by atoms with Gasteiger partial charge in [0.2, 0.25) is 0 Å². The van der Waals surface area contributed by atoms with Gasteiger partial charge in [-0.15, -0.1) is 0 Å². The largest absolute Gasteiger partial charge is 0.462 e. The molecule has 0 amide bonds. The average molecular weight is 1140 g/mol. The number of carbonyl (C=O) groups is 3. The fourth-order valence-electron chi connectivity index (χ4n) is 10.2. The molecule has 0 aromatic heterocycles. The Morgan fingerprint density at radius 2 is 0.500 bits per heavy atom. The van der Waals surface area contributed by atoms with Crippen LogP contribution < -0.4 is 0 Å². The quantitative estimate of drug-likeness (QED) is 0.0261. The summed E-state index contributed by atoms with van der Waals surface area (Å²) in [6.07, 6.45) is 94.7. The molecule has 82 heavy (non-hydrogen) atoms. The molecule has 472 valence electrons. The summed E-state index contributed by atoms with van der Waals surface area (Å²) >= 11 is 0. The van der Waals surface area contributed by atoms with E-state index in [1.54, 1.807) is 0 Å². The van der Waals surface area contributed by atoms with E-state index in [1.165, 1.54) is 212 Å². The van der Waals surface area contributed by atoms with Gasteiger partial charge in [0.25, 0.3) is 0 Å². The summed E-state index contributed by atoms with van der Waals surface area (Å²) in [7, 11) is 0. The van der Waals surface area contributed by atoms with E-state index in [-0.39, 0.29) is 37.5 Å². The molecule has 0 saturated carbocycles. The molecule has 0 spiro atoms. The van der Waals surface area contributed by atoms with Crippen molar-refractivity contribution in [2.24, 2.45) is 0 Å². The molecule has 0 radical (unpaired) electrons.